The van der Waals surface area contributed by atoms with Gasteiger partial charge in [-0.1, -0.05) is 0 Å². The molecular weight excluding hydrogens is 464 g/mol. The Hall–Kier alpha value is -3.09. The summed E-state index contributed by atoms with van der Waals surface area (Å²) in [5, 5.41) is 6.83. The highest BCUT2D eigenvalue weighted by Gasteiger charge is 2.24. The molecule has 3 aromatic rings. The van der Waals surface area contributed by atoms with Gasteiger partial charge in [-0.3, -0.25) is 0 Å². The normalized spacial score (nSPS) is 16.4. The number of urea groups is 1. The third kappa shape index (κ3) is 5.46. The summed E-state index contributed by atoms with van der Waals surface area (Å²) in [5.41, 5.74) is 1.70. The molecule has 2 amide bonds. The molecular formula is C21H24N6O4S2. The predicted molar refractivity (Wildman–Crippen MR) is 126 cm³/mol. The van der Waals surface area contributed by atoms with E-state index in [-0.39, 0.29) is 22.2 Å². The second-order valence-corrected chi connectivity index (χ2v) is 10.6. The summed E-state index contributed by atoms with van der Waals surface area (Å²) in [7, 11) is -2.09. The minimum Gasteiger partial charge on any atom is -0.377 e. The maximum absolute atomic E-state index is 12.8. The molecule has 4 rings (SSSR count). The average Bonchev–Trinajstić information content (AvgIpc) is 3.35. The number of amides is 2. The number of ether oxygens (including phenoxy) is 1. The molecule has 1 aliphatic rings. The van der Waals surface area contributed by atoms with Crippen LogP contribution in [-0.2, 0) is 20.3 Å². The Labute approximate surface area is 196 Å². The van der Waals surface area contributed by atoms with E-state index < -0.39 is 9.84 Å². The highest BCUT2D eigenvalue weighted by Crippen LogP contribution is 2.26. The van der Waals surface area contributed by atoms with Gasteiger partial charge in [0.25, 0.3) is 0 Å². The summed E-state index contributed by atoms with van der Waals surface area (Å²) in [6, 6.07) is 8.53. The predicted octanol–water partition coefficient (Wildman–Crippen LogP) is 2.55. The lowest BCUT2D eigenvalue weighted by molar-refractivity contribution is 0.0985. The molecule has 0 unspecified atom stereocenters. The zero-order valence-corrected chi connectivity index (χ0v) is 19.8. The van der Waals surface area contributed by atoms with Gasteiger partial charge in [-0.05, 0) is 31.2 Å². The highest BCUT2D eigenvalue weighted by atomic mass is 32.2. The van der Waals surface area contributed by atoms with Crippen molar-refractivity contribution >= 4 is 38.7 Å². The third-order valence-electron chi connectivity index (χ3n) is 5.07. The van der Waals surface area contributed by atoms with E-state index in [1.54, 1.807) is 35.7 Å². The van der Waals surface area contributed by atoms with Crippen molar-refractivity contribution in [3.8, 4) is 11.4 Å². The van der Waals surface area contributed by atoms with E-state index in [4.69, 9.17) is 9.72 Å². The number of rotatable bonds is 6. The van der Waals surface area contributed by atoms with Crippen molar-refractivity contribution in [1.82, 2.24) is 20.3 Å². The average molecular weight is 489 g/mol. The summed E-state index contributed by atoms with van der Waals surface area (Å²) in [6.45, 7) is 3.81. The molecule has 2 N–H and O–H groups in total. The maximum Gasteiger partial charge on any atom is 0.318 e. The molecule has 1 aromatic carbocycles. The molecule has 2 aromatic heterocycles. The summed E-state index contributed by atoms with van der Waals surface area (Å²) >= 11 is 1.08. The number of benzene rings is 1. The van der Waals surface area contributed by atoms with Gasteiger partial charge in [0, 0.05) is 42.5 Å². The number of hydrogen-bond acceptors (Lipinski definition) is 9. The SMILES string of the molecule is CNC(=O)Nc1ccc(-c2nc(CS(=O)(=O)c3nccs3)cc(N3CCOC[C@@H]3C)n2)cc1. The Balaban J connectivity index is 1.70. The van der Waals surface area contributed by atoms with Crippen LogP contribution >= 0.6 is 11.3 Å². The molecule has 0 aliphatic carbocycles. The van der Waals surface area contributed by atoms with Crippen LogP contribution in [0.4, 0.5) is 16.3 Å². The molecule has 12 heteroatoms. The van der Waals surface area contributed by atoms with Crippen LogP contribution in [0.1, 0.15) is 12.6 Å². The minimum atomic E-state index is -3.63. The van der Waals surface area contributed by atoms with E-state index in [2.05, 4.69) is 25.5 Å². The number of carbonyl (C=O) groups is 1. The molecule has 174 valence electrons. The van der Waals surface area contributed by atoms with Crippen molar-refractivity contribution in [2.24, 2.45) is 0 Å². The molecule has 0 bridgehead atoms. The summed E-state index contributed by atoms with van der Waals surface area (Å²) in [5.74, 6) is 0.771. The van der Waals surface area contributed by atoms with Crippen molar-refractivity contribution in [2.75, 3.05) is 37.0 Å². The Bertz CT molecular complexity index is 1220. The first-order chi connectivity index (χ1) is 15.9. The number of thiazole rings is 1. The number of carbonyl (C=O) groups excluding carboxylic acids is 1. The molecule has 1 atom stereocenters. The molecule has 1 aliphatic heterocycles. The van der Waals surface area contributed by atoms with Crippen LogP contribution in [0, 0.1) is 0 Å². The van der Waals surface area contributed by atoms with Crippen LogP contribution in [0.25, 0.3) is 11.4 Å². The summed E-state index contributed by atoms with van der Waals surface area (Å²) < 4.78 is 31.3. The molecule has 1 fully saturated rings. The van der Waals surface area contributed by atoms with Gasteiger partial charge in [0.15, 0.2) is 5.82 Å². The van der Waals surface area contributed by atoms with Gasteiger partial charge >= 0.3 is 6.03 Å². The van der Waals surface area contributed by atoms with Crippen molar-refractivity contribution in [1.29, 1.82) is 0 Å². The molecule has 1 saturated heterocycles. The Morgan fingerprint density at radius 1 is 1.27 bits per heavy atom. The Morgan fingerprint density at radius 3 is 2.73 bits per heavy atom. The smallest absolute Gasteiger partial charge is 0.318 e. The quantitative estimate of drug-likeness (QED) is 0.542. The highest BCUT2D eigenvalue weighted by molar-refractivity contribution is 7.92. The second-order valence-electron chi connectivity index (χ2n) is 7.50. The van der Waals surface area contributed by atoms with Crippen LogP contribution in [0.2, 0.25) is 0 Å². The largest absolute Gasteiger partial charge is 0.377 e. The fourth-order valence-corrected chi connectivity index (χ4v) is 5.59. The fraction of sp³-hybridized carbons (Fsp3) is 0.333. The van der Waals surface area contributed by atoms with Gasteiger partial charge in [0.05, 0.1) is 30.7 Å². The fourth-order valence-electron chi connectivity index (χ4n) is 3.42. The lowest BCUT2D eigenvalue weighted by Crippen LogP contribution is -2.44. The van der Waals surface area contributed by atoms with Gasteiger partial charge in [-0.15, -0.1) is 11.3 Å². The number of morpholine rings is 1. The van der Waals surface area contributed by atoms with E-state index in [1.807, 2.05) is 6.92 Å². The number of sulfone groups is 1. The zero-order chi connectivity index (χ0) is 23.4. The number of nitrogens with one attached hydrogen (secondary N) is 2. The lowest BCUT2D eigenvalue weighted by atomic mass is 10.2. The van der Waals surface area contributed by atoms with Crippen LogP contribution in [-0.4, -0.2) is 62.2 Å². The molecule has 0 radical (unpaired) electrons. The van der Waals surface area contributed by atoms with E-state index in [9.17, 15) is 13.2 Å². The monoisotopic (exact) mass is 488 g/mol. The summed E-state index contributed by atoms with van der Waals surface area (Å²) in [4.78, 5) is 26.9. The van der Waals surface area contributed by atoms with E-state index in [0.29, 0.717) is 48.3 Å². The van der Waals surface area contributed by atoms with E-state index >= 15 is 0 Å². The van der Waals surface area contributed by atoms with Gasteiger partial charge in [-0.2, -0.15) is 0 Å². The lowest BCUT2D eigenvalue weighted by Gasteiger charge is -2.34. The summed E-state index contributed by atoms with van der Waals surface area (Å²) in [6.07, 6.45) is 1.47. The first-order valence-electron chi connectivity index (χ1n) is 10.3. The van der Waals surface area contributed by atoms with Gasteiger partial charge in [0.1, 0.15) is 5.82 Å². The van der Waals surface area contributed by atoms with Crippen molar-refractivity contribution in [3.05, 3.63) is 47.6 Å². The molecule has 0 spiro atoms. The van der Waals surface area contributed by atoms with E-state index in [1.165, 1.54) is 13.2 Å². The van der Waals surface area contributed by atoms with Crippen molar-refractivity contribution in [2.45, 2.75) is 23.1 Å². The number of aromatic nitrogens is 3. The number of nitrogens with zero attached hydrogens (tertiary/aromatic N) is 4. The van der Waals surface area contributed by atoms with Crippen LogP contribution in [0.15, 0.2) is 46.2 Å². The molecule has 33 heavy (non-hydrogen) atoms. The Morgan fingerprint density at radius 2 is 2.06 bits per heavy atom. The standard InChI is InChI=1S/C21H24N6O4S2/c1-14-12-31-9-8-27(14)18-11-17(13-33(29,30)21-23-7-10-32-21)24-19(26-18)15-3-5-16(6-4-15)25-20(28)22-2/h3-7,10-11,14H,8-9,12-13H2,1-2H3,(H2,22,25,28)/t14-/m0/s1. The zero-order valence-electron chi connectivity index (χ0n) is 18.2. The van der Waals surface area contributed by atoms with Crippen molar-refractivity contribution in [3.63, 3.8) is 0 Å². The van der Waals surface area contributed by atoms with Gasteiger partial charge in [0.2, 0.25) is 14.2 Å². The Kier molecular flexibility index (Phi) is 6.86. The third-order valence-corrected chi connectivity index (χ3v) is 8.00. The van der Waals surface area contributed by atoms with Crippen LogP contribution in [0.3, 0.4) is 0 Å². The number of hydrogen-bond donors (Lipinski definition) is 2. The maximum atomic E-state index is 12.8. The molecule has 3 heterocycles. The topological polar surface area (TPSA) is 126 Å². The van der Waals surface area contributed by atoms with Crippen LogP contribution in [0.5, 0.6) is 0 Å². The first kappa shape index (κ1) is 23.1. The van der Waals surface area contributed by atoms with Crippen LogP contribution < -0.4 is 15.5 Å². The van der Waals surface area contributed by atoms with Crippen molar-refractivity contribution < 1.29 is 17.9 Å². The minimum absolute atomic E-state index is 0.0635. The molecule has 10 nitrogen and oxygen atoms in total. The second kappa shape index (κ2) is 9.81. The van der Waals surface area contributed by atoms with E-state index in [0.717, 1.165) is 11.3 Å². The molecule has 0 saturated carbocycles. The van der Waals surface area contributed by atoms with Gasteiger partial charge < -0.3 is 20.3 Å². The number of anilines is 2. The van der Waals surface area contributed by atoms with Gasteiger partial charge in [-0.25, -0.2) is 28.2 Å². The first-order valence-corrected chi connectivity index (χ1v) is 12.8.